The Kier molecular flexibility index (Phi) is 12.3. The van der Waals surface area contributed by atoms with Crippen LogP contribution in [0.25, 0.3) is 22.3 Å². The smallest absolute Gasteiger partial charge is 0.886 e. The summed E-state index contributed by atoms with van der Waals surface area (Å²) in [6, 6.07) is 14.7. The first kappa shape index (κ1) is 31.3. The van der Waals surface area contributed by atoms with Crippen LogP contribution in [0.1, 0.15) is 33.4 Å². The Morgan fingerprint density at radius 1 is 0.613 bits per heavy atom. The van der Waals surface area contributed by atoms with Gasteiger partial charge in [0.05, 0.1) is 0 Å². The normalized spacial score (nSPS) is 10.6. The van der Waals surface area contributed by atoms with Gasteiger partial charge in [-0.1, -0.05) is 53.6 Å². The summed E-state index contributed by atoms with van der Waals surface area (Å²) in [5.74, 6) is 0. The van der Waals surface area contributed by atoms with Crippen molar-refractivity contribution in [3.05, 3.63) is 75.8 Å². The maximum absolute atomic E-state index is 13.2. The molecule has 1 nitrogen and oxygen atoms in total. The van der Waals surface area contributed by atoms with Gasteiger partial charge in [0.15, 0.2) is 0 Å². The van der Waals surface area contributed by atoms with E-state index < -0.39 is 6.62 Å². The van der Waals surface area contributed by atoms with E-state index in [9.17, 15) is 4.80 Å². The van der Waals surface area contributed by atoms with Crippen molar-refractivity contribution >= 4 is 36.0 Å². The molecule has 3 aromatic carbocycles. The van der Waals surface area contributed by atoms with E-state index in [1.165, 1.54) is 11.1 Å². The Morgan fingerprint density at radius 2 is 0.903 bits per heavy atom. The van der Waals surface area contributed by atoms with Crippen LogP contribution in [-0.2, 0) is 24.2 Å². The Balaban J connectivity index is 0.00000300. The van der Waals surface area contributed by atoms with Gasteiger partial charge in [-0.2, -0.15) is 0 Å². The maximum atomic E-state index is 13.2. The Labute approximate surface area is 235 Å². The monoisotopic (exact) mass is 442 g/mol. The molecule has 7 heteroatoms. The van der Waals surface area contributed by atoms with E-state index in [2.05, 4.69) is 65.8 Å². The summed E-state index contributed by atoms with van der Waals surface area (Å²) in [6.07, 6.45) is 0. The number of aryl methyl sites for hydroxylation is 6. The van der Waals surface area contributed by atoms with Crippen molar-refractivity contribution in [3.8, 4) is 22.3 Å². The predicted octanol–water partition coefficient (Wildman–Crippen LogP) is -4.52. The fraction of sp³-hybridized carbons (Fsp3) is 0.250. The minimum Gasteiger partial charge on any atom is -0.886 e. The summed E-state index contributed by atoms with van der Waals surface area (Å²) in [5, 5.41) is 0.658. The second-order valence-electron chi connectivity index (χ2n) is 7.83. The molecule has 0 unspecified atom stereocenters. The molecule has 0 atom stereocenters. The van der Waals surface area contributed by atoms with Crippen molar-refractivity contribution in [1.82, 2.24) is 0 Å². The summed E-state index contributed by atoms with van der Waals surface area (Å²) in [4.78, 5) is 13.2. The molecule has 0 bridgehead atoms. The third-order valence-electron chi connectivity index (χ3n) is 5.26. The molecule has 0 aromatic heterocycles. The van der Waals surface area contributed by atoms with E-state index in [1.54, 1.807) is 0 Å². The summed E-state index contributed by atoms with van der Waals surface area (Å²) in [7, 11) is 0. The molecule has 0 N–H and O–H groups in total. The van der Waals surface area contributed by atoms with Gasteiger partial charge in [-0.15, -0.1) is 5.19 Å². The zero-order valence-corrected chi connectivity index (χ0v) is 22.9. The first-order valence-corrected chi connectivity index (χ1v) is 13.6. The fourth-order valence-electron chi connectivity index (χ4n) is 4.51. The Bertz CT molecular complexity index is 957. The molecule has 3 aromatic rings. The van der Waals surface area contributed by atoms with E-state index >= 15 is 0 Å². The SMILES string of the molecule is Cc1cc(C)c(-c2cccc(-c3c(C)cc(C)cc3C)c2[Si]([O-])([S-])[S-])c(C)c1.[Li+].[Li+].[Li+]. The summed E-state index contributed by atoms with van der Waals surface area (Å²) < 4.78 is 0. The average Bonchev–Trinajstić information content (AvgIpc) is 2.51. The molecular formula is C24H25Li3OS2Si. The summed E-state index contributed by atoms with van der Waals surface area (Å²) in [6.45, 7) is 8.86. The summed E-state index contributed by atoms with van der Waals surface area (Å²) >= 11 is 10.9. The van der Waals surface area contributed by atoms with Crippen LogP contribution in [0.5, 0.6) is 0 Å². The third-order valence-corrected chi connectivity index (χ3v) is 7.64. The third kappa shape index (κ3) is 6.69. The number of benzene rings is 3. The van der Waals surface area contributed by atoms with Gasteiger partial charge < -0.3 is 35.6 Å². The largest absolute Gasteiger partial charge is 1.00 e. The predicted molar refractivity (Wildman–Crippen MR) is 126 cm³/mol. The van der Waals surface area contributed by atoms with Gasteiger partial charge in [0.25, 0.3) is 0 Å². The van der Waals surface area contributed by atoms with E-state index in [4.69, 9.17) is 24.2 Å². The van der Waals surface area contributed by atoms with Crippen molar-refractivity contribution in [3.63, 3.8) is 0 Å². The number of hydrogen-bond donors (Lipinski definition) is 0. The van der Waals surface area contributed by atoms with Gasteiger partial charge in [0.1, 0.15) is 0 Å². The molecule has 0 amide bonds. The molecule has 0 radical (unpaired) electrons. The molecule has 0 aliphatic carbocycles. The zero-order valence-electron chi connectivity index (χ0n) is 20.3. The maximum Gasteiger partial charge on any atom is 1.00 e. The van der Waals surface area contributed by atoms with Crippen LogP contribution in [0.3, 0.4) is 0 Å². The van der Waals surface area contributed by atoms with Gasteiger partial charge >= 0.3 is 56.6 Å². The molecule has 0 heterocycles. The van der Waals surface area contributed by atoms with Crippen LogP contribution in [0.15, 0.2) is 42.5 Å². The molecule has 0 aliphatic heterocycles. The van der Waals surface area contributed by atoms with Crippen LogP contribution >= 0.6 is 0 Å². The van der Waals surface area contributed by atoms with Gasteiger partial charge in [-0.05, 0) is 86.1 Å². The van der Waals surface area contributed by atoms with E-state index in [0.29, 0.717) is 5.19 Å². The van der Waals surface area contributed by atoms with E-state index in [1.807, 2.05) is 18.2 Å². The Hall–Kier alpha value is 0.329. The van der Waals surface area contributed by atoms with Gasteiger partial charge in [-0.25, -0.2) is 0 Å². The minimum atomic E-state index is -3.69. The average molecular weight is 443 g/mol. The van der Waals surface area contributed by atoms with Crippen LogP contribution < -0.4 is 66.6 Å². The minimum absolute atomic E-state index is 0. The molecular weight excluding hydrogens is 417 g/mol. The molecule has 0 spiro atoms. The molecule has 0 aliphatic rings. The van der Waals surface area contributed by atoms with Crippen molar-refractivity contribution in [1.29, 1.82) is 0 Å². The molecule has 31 heavy (non-hydrogen) atoms. The van der Waals surface area contributed by atoms with Gasteiger partial charge in [-0.3, -0.25) is 0 Å². The van der Waals surface area contributed by atoms with Crippen LogP contribution in [0.4, 0.5) is 0 Å². The molecule has 146 valence electrons. The first-order valence-electron chi connectivity index (χ1n) is 9.42. The number of rotatable bonds is 3. The van der Waals surface area contributed by atoms with E-state index in [-0.39, 0.29) is 56.6 Å². The molecule has 0 saturated carbocycles. The van der Waals surface area contributed by atoms with Gasteiger partial charge in [0, 0.05) is 0 Å². The van der Waals surface area contributed by atoms with Crippen molar-refractivity contribution in [2.75, 3.05) is 0 Å². The van der Waals surface area contributed by atoms with Crippen LogP contribution in [0.2, 0.25) is 0 Å². The Morgan fingerprint density at radius 3 is 1.16 bits per heavy atom. The second kappa shape index (κ2) is 12.2. The van der Waals surface area contributed by atoms with Crippen LogP contribution in [0, 0.1) is 41.5 Å². The van der Waals surface area contributed by atoms with Crippen molar-refractivity contribution < 1.29 is 61.4 Å². The van der Waals surface area contributed by atoms with E-state index in [0.717, 1.165) is 44.5 Å². The molecule has 3 rings (SSSR count). The first-order chi connectivity index (χ1) is 13.0. The quantitative estimate of drug-likeness (QED) is 0.302. The topological polar surface area (TPSA) is 23.1 Å². The standard InChI is InChI=1S/C24H25OS2Si.3Li/c1-14-10-16(3)22(17(4)11-14)20-8-7-9-21(24(20)28(25,26)27)23-18(5)12-15(2)13-19(23)6;;;/h7-13H,1-6H3;;;/q-3;3*+1. The summed E-state index contributed by atoms with van der Waals surface area (Å²) in [5.41, 5.74) is 11.0. The van der Waals surface area contributed by atoms with Crippen LogP contribution in [-0.4, -0.2) is 6.62 Å². The van der Waals surface area contributed by atoms with Crippen molar-refractivity contribution in [2.24, 2.45) is 0 Å². The second-order valence-corrected chi connectivity index (χ2v) is 13.7. The number of hydrogen-bond acceptors (Lipinski definition) is 3. The van der Waals surface area contributed by atoms with Gasteiger partial charge in [0.2, 0.25) is 0 Å². The van der Waals surface area contributed by atoms with Crippen molar-refractivity contribution in [2.45, 2.75) is 41.5 Å². The molecule has 0 saturated heterocycles. The zero-order chi connectivity index (χ0) is 20.8. The molecule has 0 fully saturated rings. The fourth-order valence-corrected chi connectivity index (χ4v) is 6.90.